The van der Waals surface area contributed by atoms with E-state index < -0.39 is 0 Å². The zero-order valence-corrected chi connectivity index (χ0v) is 8.31. The Hall–Kier alpha value is 0.288. The number of rotatable bonds is 3. The van der Waals surface area contributed by atoms with E-state index in [0.29, 0.717) is 0 Å². The Morgan fingerprint density at radius 1 is 1.56 bits per heavy atom. The normalized spacial score (nSPS) is 9.78. The molecule has 2 nitrogen and oxygen atoms in total. The molecule has 0 aliphatic rings. The van der Waals surface area contributed by atoms with Gasteiger partial charge in [-0.15, -0.1) is 0 Å². The van der Waals surface area contributed by atoms with E-state index in [4.69, 9.17) is 0 Å². The van der Waals surface area contributed by atoms with E-state index in [9.17, 15) is 4.79 Å². The second kappa shape index (κ2) is 5.10. The fourth-order valence-corrected chi connectivity index (χ4v) is 1.12. The summed E-state index contributed by atoms with van der Waals surface area (Å²) in [6.07, 6.45) is 1.77. The minimum atomic E-state index is -0.0611. The van der Waals surface area contributed by atoms with Gasteiger partial charge in [-0.2, -0.15) is 0 Å². The molecule has 0 unspecified atom stereocenters. The summed E-state index contributed by atoms with van der Waals surface area (Å²) in [6.45, 7) is 3.99. The molecule has 0 aliphatic carbocycles. The summed E-state index contributed by atoms with van der Waals surface area (Å²) < 4.78 is 4.61. The second-order valence-corrected chi connectivity index (χ2v) is 2.44. The van der Waals surface area contributed by atoms with Crippen LogP contribution in [0.15, 0.2) is 0 Å². The molecule has 0 rings (SSSR count). The average Bonchev–Trinajstić information content (AvgIpc) is 1.90. The van der Waals surface area contributed by atoms with Crippen molar-refractivity contribution in [3.8, 4) is 0 Å². The number of hydrogen-bond acceptors (Lipinski definition) is 2. The maximum absolute atomic E-state index is 10.8. The van der Waals surface area contributed by atoms with Crippen molar-refractivity contribution in [2.24, 2.45) is 5.92 Å². The summed E-state index contributed by atoms with van der Waals surface area (Å²) >= 11 is 1.11. The van der Waals surface area contributed by atoms with Gasteiger partial charge in [0.25, 0.3) is 0 Å². The standard InChI is InChI=1S/C6H12O2.Sb/c1-3-5(4-2)6(7)8;/h5H,3-4H2,1-2H3,(H,7,8);/q;+1/p-1. The van der Waals surface area contributed by atoms with E-state index in [1.165, 1.54) is 0 Å². The first kappa shape index (κ1) is 9.29. The zero-order chi connectivity index (χ0) is 7.28. The van der Waals surface area contributed by atoms with Crippen LogP contribution in [-0.2, 0) is 7.81 Å². The molecule has 0 amide bonds. The molecule has 0 spiro atoms. The fourth-order valence-electron chi connectivity index (χ4n) is 0.697. The zero-order valence-electron chi connectivity index (χ0n) is 5.76. The molecule has 0 aliphatic heterocycles. The van der Waals surface area contributed by atoms with Crippen LogP contribution < -0.4 is 0 Å². The maximum atomic E-state index is 10.8. The van der Waals surface area contributed by atoms with E-state index in [-0.39, 0.29) is 11.9 Å². The molecule has 9 heavy (non-hydrogen) atoms. The Balaban J connectivity index is 3.64. The molecule has 0 aromatic rings. The monoisotopic (exact) mass is 236 g/mol. The van der Waals surface area contributed by atoms with Crippen LogP contribution >= 0.6 is 0 Å². The van der Waals surface area contributed by atoms with Crippen molar-refractivity contribution in [3.05, 3.63) is 0 Å². The fraction of sp³-hybridized carbons (Fsp3) is 0.833. The minimum absolute atomic E-state index is 0.0611. The Kier molecular flexibility index (Phi) is 5.27. The van der Waals surface area contributed by atoms with E-state index in [0.717, 1.165) is 36.3 Å². The van der Waals surface area contributed by atoms with Gasteiger partial charge in [-0.25, -0.2) is 0 Å². The van der Waals surface area contributed by atoms with Gasteiger partial charge in [0, 0.05) is 0 Å². The van der Waals surface area contributed by atoms with Crippen LogP contribution in [0.2, 0.25) is 0 Å². The number of carbonyl (C=O) groups excluding carboxylic acids is 1. The van der Waals surface area contributed by atoms with Crippen molar-refractivity contribution in [3.63, 3.8) is 0 Å². The molecule has 0 aromatic carbocycles. The Morgan fingerprint density at radius 2 is 2.00 bits per heavy atom. The van der Waals surface area contributed by atoms with Crippen LogP contribution in [0, 0.1) is 5.92 Å². The van der Waals surface area contributed by atoms with Gasteiger partial charge in [0.05, 0.1) is 0 Å². The molecule has 0 N–H and O–H groups in total. The summed E-state index contributed by atoms with van der Waals surface area (Å²) in [5, 5.41) is 0. The SMILES string of the molecule is CCC(CC)C(=O)[O][Sb]. The van der Waals surface area contributed by atoms with Crippen molar-refractivity contribution >= 4 is 29.4 Å². The summed E-state index contributed by atoms with van der Waals surface area (Å²) in [5.41, 5.74) is 0. The van der Waals surface area contributed by atoms with Crippen molar-refractivity contribution < 1.29 is 7.81 Å². The van der Waals surface area contributed by atoms with Crippen LogP contribution in [0.5, 0.6) is 0 Å². The predicted molar refractivity (Wildman–Crippen MR) is 35.9 cm³/mol. The van der Waals surface area contributed by atoms with Crippen LogP contribution in [0.3, 0.4) is 0 Å². The van der Waals surface area contributed by atoms with Gasteiger partial charge in [-0.3, -0.25) is 0 Å². The average molecular weight is 237 g/mol. The topological polar surface area (TPSA) is 26.3 Å². The number of carbonyl (C=O) groups is 1. The molecular formula is C6H11O2Sb. The predicted octanol–water partition coefficient (Wildman–Crippen LogP) is 1.05. The van der Waals surface area contributed by atoms with Gasteiger partial charge in [0.2, 0.25) is 0 Å². The van der Waals surface area contributed by atoms with Crippen molar-refractivity contribution in [1.82, 2.24) is 0 Å². The van der Waals surface area contributed by atoms with Gasteiger partial charge >= 0.3 is 69.8 Å². The van der Waals surface area contributed by atoms with Crippen LogP contribution in [0.4, 0.5) is 0 Å². The molecule has 0 saturated heterocycles. The molecule has 3 heteroatoms. The molecule has 52 valence electrons. The summed E-state index contributed by atoms with van der Waals surface area (Å²) in [7, 11) is 0. The van der Waals surface area contributed by atoms with E-state index in [1.807, 2.05) is 13.8 Å². The van der Waals surface area contributed by atoms with Crippen LogP contribution in [-0.4, -0.2) is 29.4 Å². The summed E-state index contributed by atoms with van der Waals surface area (Å²) in [5.74, 6) is 0.0579. The van der Waals surface area contributed by atoms with Crippen LogP contribution in [0.25, 0.3) is 0 Å². The molecule has 0 saturated carbocycles. The Morgan fingerprint density at radius 3 is 2.11 bits per heavy atom. The van der Waals surface area contributed by atoms with Crippen molar-refractivity contribution in [1.29, 1.82) is 0 Å². The molecule has 0 bridgehead atoms. The van der Waals surface area contributed by atoms with Gasteiger partial charge in [0.1, 0.15) is 0 Å². The third kappa shape index (κ3) is 3.10. The Bertz CT molecular complexity index is 89.1. The quantitative estimate of drug-likeness (QED) is 0.685. The van der Waals surface area contributed by atoms with Crippen LogP contribution in [0.1, 0.15) is 26.7 Å². The van der Waals surface area contributed by atoms with Gasteiger partial charge in [0.15, 0.2) is 0 Å². The van der Waals surface area contributed by atoms with Gasteiger partial charge < -0.3 is 0 Å². The summed E-state index contributed by atoms with van der Waals surface area (Å²) in [4.78, 5) is 10.8. The third-order valence-corrected chi connectivity index (χ3v) is 1.92. The second-order valence-electron chi connectivity index (χ2n) is 1.92. The number of hydrogen-bond donors (Lipinski definition) is 0. The summed E-state index contributed by atoms with van der Waals surface area (Å²) in [6, 6.07) is 0. The van der Waals surface area contributed by atoms with Crippen molar-refractivity contribution in [2.75, 3.05) is 0 Å². The first-order valence-corrected chi connectivity index (χ1v) is 4.15. The van der Waals surface area contributed by atoms with Gasteiger partial charge in [-0.05, 0) is 0 Å². The van der Waals surface area contributed by atoms with E-state index >= 15 is 0 Å². The first-order chi connectivity index (χ1) is 4.26. The molecule has 0 heterocycles. The Labute approximate surface area is 70.0 Å². The molecule has 0 fully saturated rings. The molecule has 0 aromatic heterocycles. The molecular weight excluding hydrogens is 226 g/mol. The van der Waals surface area contributed by atoms with E-state index in [2.05, 4.69) is 3.02 Å². The van der Waals surface area contributed by atoms with Crippen molar-refractivity contribution in [2.45, 2.75) is 26.7 Å². The molecule has 0 atom stereocenters. The van der Waals surface area contributed by atoms with E-state index in [1.54, 1.807) is 0 Å². The van der Waals surface area contributed by atoms with Gasteiger partial charge in [-0.1, -0.05) is 0 Å². The first-order valence-electron chi connectivity index (χ1n) is 3.11. The third-order valence-electron chi connectivity index (χ3n) is 1.41. The molecule has 2 radical (unpaired) electrons.